The molecular formula is C74H113N13O15. The molecule has 11 rings (SSSR count). The average Bonchev–Trinajstić information content (AvgIpc) is 1.67. The van der Waals surface area contributed by atoms with Gasteiger partial charge in [-0.2, -0.15) is 0 Å². The number of nitrogens with one attached hydrogen (secondary N) is 12. The van der Waals surface area contributed by atoms with E-state index in [-0.39, 0.29) is 108 Å². The maximum atomic E-state index is 14.2. The predicted molar refractivity (Wildman–Crippen MR) is 370 cm³/mol. The van der Waals surface area contributed by atoms with Crippen molar-refractivity contribution in [3.63, 3.8) is 0 Å². The van der Waals surface area contributed by atoms with Gasteiger partial charge in [0.1, 0.15) is 0 Å². The van der Waals surface area contributed by atoms with Crippen LogP contribution in [0, 0.1) is 65.1 Å². The van der Waals surface area contributed by atoms with Crippen molar-refractivity contribution in [2.45, 2.75) is 311 Å². The van der Waals surface area contributed by atoms with Gasteiger partial charge in [-0.1, -0.05) is 70.6 Å². The van der Waals surface area contributed by atoms with E-state index in [4.69, 9.17) is 5.73 Å². The van der Waals surface area contributed by atoms with Gasteiger partial charge < -0.3 is 74.6 Å². The Bertz CT molecular complexity index is 3130. The molecule has 0 radical (unpaired) electrons. The van der Waals surface area contributed by atoms with Crippen molar-refractivity contribution in [1.29, 1.82) is 0 Å². The predicted octanol–water partition coefficient (Wildman–Crippen LogP) is 2.37. The summed E-state index contributed by atoms with van der Waals surface area (Å²) in [5.74, 6) is -10.0. The first kappa shape index (κ1) is 75.7. The van der Waals surface area contributed by atoms with E-state index in [1.807, 2.05) is 0 Å². The monoisotopic (exact) mass is 1420 g/mol. The zero-order valence-electron chi connectivity index (χ0n) is 59.5. The molecule has 11 aliphatic rings. The number of amides is 13. The molecule has 0 aromatic carbocycles. The summed E-state index contributed by atoms with van der Waals surface area (Å²) in [6.07, 6.45) is 20.4. The summed E-state index contributed by atoms with van der Waals surface area (Å²) in [5, 5.41) is 46.8. The SMILES string of the molecule is CC(=O)N[C@H]1CCC[C@@H]1C(=O)N[C@H]1CCC[C@@H]1C(=O)N[C@H]1CCC[C@@H]1C(=O)N[C@H]1CCC[C@@H]1C(=O)N[C@H]1CCC[C@@H]1C(=O)N[C@H]1CCC[C@@H]1C(=O)N[C@H]1CCC[C@@H]1C(=O)N[C@H]1CCC[C@@H]1C(=O)N[C@@H](CCC(=O)O)CC(=O)N[C@H]1CCC[C@@H]1C(=O)N[C@H]1CCC[C@@H]1C(=O)N[C@H]1CCC[C@@H]1C(N)=O. The molecule has 0 unspecified atom stereocenters. The van der Waals surface area contributed by atoms with Crippen LogP contribution >= 0.6 is 0 Å². The van der Waals surface area contributed by atoms with Gasteiger partial charge >= 0.3 is 5.97 Å². The smallest absolute Gasteiger partial charge is 0.303 e. The van der Waals surface area contributed by atoms with Crippen LogP contribution in [-0.4, -0.2) is 160 Å². The molecule has 13 amide bonds. The molecule has 11 aliphatic carbocycles. The molecule has 28 nitrogen and oxygen atoms in total. The van der Waals surface area contributed by atoms with Crippen molar-refractivity contribution in [2.24, 2.45) is 70.8 Å². The van der Waals surface area contributed by atoms with Gasteiger partial charge in [-0.25, -0.2) is 0 Å². The Morgan fingerprint density at radius 1 is 0.284 bits per heavy atom. The number of hydrogen-bond acceptors (Lipinski definition) is 14. The fraction of sp³-hybridized carbons (Fsp3) is 0.811. The minimum atomic E-state index is -1.10. The van der Waals surface area contributed by atoms with Crippen molar-refractivity contribution in [1.82, 2.24) is 63.8 Å². The Morgan fingerprint density at radius 2 is 0.480 bits per heavy atom. The summed E-state index contributed by atoms with van der Waals surface area (Å²) in [4.78, 5) is 189. The van der Waals surface area contributed by atoms with Crippen LogP contribution in [0.2, 0.25) is 0 Å². The fourth-order valence-corrected chi connectivity index (χ4v) is 20.1. The highest BCUT2D eigenvalue weighted by Crippen LogP contribution is 2.38. The first-order chi connectivity index (χ1) is 49.1. The third-order valence-corrected chi connectivity index (χ3v) is 25.6. The zero-order valence-corrected chi connectivity index (χ0v) is 59.5. The quantitative estimate of drug-likeness (QED) is 0.0535. The Morgan fingerprint density at radius 3 is 0.696 bits per heavy atom. The summed E-state index contributed by atoms with van der Waals surface area (Å²) in [7, 11) is 0. The lowest BCUT2D eigenvalue weighted by Gasteiger charge is -2.29. The highest BCUT2D eigenvalue weighted by atomic mass is 16.4. The molecule has 0 aromatic heterocycles. The number of carboxylic acids is 1. The number of nitrogens with two attached hydrogens (primary N) is 1. The Labute approximate surface area is 597 Å². The normalized spacial score (nSPS) is 35.7. The Hall–Kier alpha value is -7.42. The van der Waals surface area contributed by atoms with E-state index in [0.717, 1.165) is 51.4 Å². The van der Waals surface area contributed by atoms with Crippen molar-refractivity contribution >= 4 is 82.8 Å². The largest absolute Gasteiger partial charge is 0.481 e. The average molecular weight is 1420 g/mol. The standard InChI is InChI=1S/C74H113N13O15/c1-38(88)76-52-25-3-14-41(52)66(94)81-56-29-7-18-45(56)70(98)84-58-31-9-20-47(58)72(100)86-60-33-11-22-49(60)74(102)87-61-34-12-23-50(61)73(101)85-59-32-10-21-48(59)71(99)83-57-30-8-19-46(57)69(97)80-54-27-5-16-43(54)65(93)77-39(35-36-63(90)91)37-62(89)78-53-26-4-15-42(53)67(95)82-55-28-6-17-44(55)68(96)79-51-24-2-13-40(51)64(75)92/h39-61H,2-37H2,1H3,(H2,75,92)(H,76,88)(H,77,93)(H,78,89)(H,79,96)(H,80,97)(H,81,94)(H,82,95)(H,83,99)(H,84,98)(H,85,101)(H,86,100)(H,87,102)(H,90,91)/t39-,40-,41-,42-,43-,44-,45-,46-,47-,48-,49-,50-,51-,52-,53-,54-,55-,56-,57-,58-,59-,60-,61-/m0/s1. The van der Waals surface area contributed by atoms with Gasteiger partial charge in [-0.05, 0) is 148 Å². The van der Waals surface area contributed by atoms with E-state index in [1.54, 1.807) is 0 Å². The minimum Gasteiger partial charge on any atom is -0.481 e. The molecule has 564 valence electrons. The second-order valence-electron chi connectivity index (χ2n) is 32.2. The minimum absolute atomic E-state index is 0.0354. The fourth-order valence-electron chi connectivity index (χ4n) is 20.1. The molecule has 0 aliphatic heterocycles. The summed E-state index contributed by atoms with van der Waals surface area (Å²) in [6, 6.07) is -5.39. The lowest BCUT2D eigenvalue weighted by molar-refractivity contribution is -0.138. The van der Waals surface area contributed by atoms with E-state index < -0.39 is 131 Å². The van der Waals surface area contributed by atoms with Gasteiger partial charge in [0, 0.05) is 92.3 Å². The molecule has 0 aromatic rings. The summed E-state index contributed by atoms with van der Waals surface area (Å²) >= 11 is 0. The van der Waals surface area contributed by atoms with Crippen molar-refractivity contribution < 1.29 is 72.2 Å². The van der Waals surface area contributed by atoms with Gasteiger partial charge in [0.2, 0.25) is 76.8 Å². The molecule has 28 heteroatoms. The third-order valence-electron chi connectivity index (χ3n) is 25.6. The van der Waals surface area contributed by atoms with Crippen molar-refractivity contribution in [3.05, 3.63) is 0 Å². The van der Waals surface area contributed by atoms with Gasteiger partial charge in [-0.15, -0.1) is 0 Å². The maximum absolute atomic E-state index is 14.2. The van der Waals surface area contributed by atoms with Crippen molar-refractivity contribution in [2.75, 3.05) is 0 Å². The van der Waals surface area contributed by atoms with E-state index >= 15 is 0 Å². The summed E-state index contributed by atoms with van der Waals surface area (Å²) in [6.45, 7) is 1.45. The van der Waals surface area contributed by atoms with Crippen LogP contribution in [-0.2, 0) is 67.1 Å². The second kappa shape index (κ2) is 34.9. The highest BCUT2D eigenvalue weighted by Gasteiger charge is 2.48. The van der Waals surface area contributed by atoms with Gasteiger partial charge in [0.25, 0.3) is 0 Å². The van der Waals surface area contributed by atoms with Gasteiger partial charge in [0.15, 0.2) is 0 Å². The number of carbonyl (C=O) groups excluding carboxylic acids is 13. The van der Waals surface area contributed by atoms with Gasteiger partial charge in [-0.3, -0.25) is 67.1 Å². The number of aliphatic carboxylic acids is 1. The molecule has 11 saturated carbocycles. The van der Waals surface area contributed by atoms with Crippen LogP contribution < -0.4 is 69.5 Å². The molecule has 0 bridgehead atoms. The molecule has 23 atom stereocenters. The summed E-state index contributed by atoms with van der Waals surface area (Å²) in [5.41, 5.74) is 5.60. The summed E-state index contributed by atoms with van der Waals surface area (Å²) < 4.78 is 0. The van der Waals surface area contributed by atoms with Crippen LogP contribution in [0.1, 0.15) is 238 Å². The first-order valence-corrected chi connectivity index (χ1v) is 39.2. The first-order valence-electron chi connectivity index (χ1n) is 39.2. The van der Waals surface area contributed by atoms with Gasteiger partial charge in [0.05, 0.1) is 65.1 Å². The zero-order chi connectivity index (χ0) is 72.3. The number of carbonyl (C=O) groups is 14. The number of primary amides is 1. The van der Waals surface area contributed by atoms with Crippen LogP contribution in [0.5, 0.6) is 0 Å². The Kier molecular flexibility index (Phi) is 25.9. The van der Waals surface area contributed by atoms with Crippen LogP contribution in [0.3, 0.4) is 0 Å². The van der Waals surface area contributed by atoms with E-state index in [0.29, 0.717) is 161 Å². The molecule has 11 fully saturated rings. The van der Waals surface area contributed by atoms with Crippen molar-refractivity contribution in [3.8, 4) is 0 Å². The van der Waals surface area contributed by atoms with Crippen LogP contribution in [0.4, 0.5) is 0 Å². The molecular weight excluding hydrogens is 1310 g/mol. The molecule has 0 heterocycles. The van der Waals surface area contributed by atoms with E-state index in [1.165, 1.54) is 6.92 Å². The number of carboxylic acid groups (broad SMARTS) is 1. The maximum Gasteiger partial charge on any atom is 0.303 e. The topological polar surface area (TPSA) is 430 Å². The third kappa shape index (κ3) is 18.7. The van der Waals surface area contributed by atoms with E-state index in [2.05, 4.69) is 63.8 Å². The molecule has 102 heavy (non-hydrogen) atoms. The Balaban J connectivity index is 0.610. The molecule has 15 N–H and O–H groups in total. The lowest BCUT2D eigenvalue weighted by atomic mass is 9.95. The van der Waals surface area contributed by atoms with Crippen LogP contribution in [0.25, 0.3) is 0 Å². The second-order valence-corrected chi connectivity index (χ2v) is 32.2. The molecule has 0 saturated heterocycles. The number of rotatable bonds is 28. The molecule has 0 spiro atoms. The van der Waals surface area contributed by atoms with Crippen LogP contribution in [0.15, 0.2) is 0 Å². The van der Waals surface area contributed by atoms with E-state index in [9.17, 15) is 72.2 Å². The highest BCUT2D eigenvalue weighted by molar-refractivity contribution is 5.90. The number of hydrogen-bond donors (Lipinski definition) is 14. The lowest BCUT2D eigenvalue weighted by Crippen LogP contribution is -2.54.